The summed E-state index contributed by atoms with van der Waals surface area (Å²) in [4.78, 5) is 11.3. The molecule has 1 aromatic rings. The molecule has 0 bridgehead atoms. The van der Waals surface area contributed by atoms with E-state index in [9.17, 15) is 4.79 Å². The summed E-state index contributed by atoms with van der Waals surface area (Å²) in [5.74, 6) is 0.730. The molecule has 0 radical (unpaired) electrons. The van der Waals surface area contributed by atoms with Gasteiger partial charge in [0.15, 0.2) is 0 Å². The lowest BCUT2D eigenvalue weighted by atomic mass is 9.83. The van der Waals surface area contributed by atoms with E-state index in [1.165, 1.54) is 6.92 Å². The van der Waals surface area contributed by atoms with Crippen molar-refractivity contribution in [2.75, 3.05) is 6.61 Å². The smallest absolute Gasteiger partial charge is 0.149 e. The van der Waals surface area contributed by atoms with Crippen molar-refractivity contribution in [1.82, 2.24) is 0 Å². The van der Waals surface area contributed by atoms with E-state index in [2.05, 4.69) is 6.07 Å². The molecule has 0 aliphatic carbocycles. The van der Waals surface area contributed by atoms with Crippen molar-refractivity contribution >= 4 is 5.78 Å². The SMILES string of the molecule is CC(=O)C(C)(C#N)CCCOc1ccccc1. The molecule has 1 unspecified atom stereocenters. The first kappa shape index (κ1) is 13.2. The Morgan fingerprint density at radius 2 is 2.06 bits per heavy atom. The molecule has 0 N–H and O–H groups in total. The number of rotatable bonds is 6. The molecular formula is C14H17NO2. The van der Waals surface area contributed by atoms with Gasteiger partial charge in [-0.15, -0.1) is 0 Å². The fourth-order valence-corrected chi connectivity index (χ4v) is 1.44. The van der Waals surface area contributed by atoms with Crippen LogP contribution in [0.4, 0.5) is 0 Å². The molecule has 0 fully saturated rings. The molecule has 3 nitrogen and oxygen atoms in total. The first-order chi connectivity index (χ1) is 8.08. The quantitative estimate of drug-likeness (QED) is 0.707. The largest absolute Gasteiger partial charge is 0.494 e. The van der Waals surface area contributed by atoms with E-state index >= 15 is 0 Å². The Kier molecular flexibility index (Phi) is 4.71. The first-order valence-electron chi connectivity index (χ1n) is 5.68. The molecule has 0 saturated heterocycles. The third kappa shape index (κ3) is 3.92. The number of carbonyl (C=O) groups is 1. The average molecular weight is 231 g/mol. The second-order valence-corrected chi connectivity index (χ2v) is 4.27. The number of para-hydroxylation sites is 1. The Hall–Kier alpha value is -1.82. The Balaban J connectivity index is 2.34. The van der Waals surface area contributed by atoms with Crippen molar-refractivity contribution in [1.29, 1.82) is 5.26 Å². The third-order valence-electron chi connectivity index (χ3n) is 2.86. The number of nitriles is 1. The lowest BCUT2D eigenvalue weighted by Crippen LogP contribution is -2.24. The van der Waals surface area contributed by atoms with Gasteiger partial charge in [-0.2, -0.15) is 5.26 Å². The minimum absolute atomic E-state index is 0.0836. The molecule has 0 saturated carbocycles. The number of Topliss-reactive ketones (excluding diaryl/α,β-unsaturated/α-hetero) is 1. The first-order valence-corrected chi connectivity index (χ1v) is 5.68. The number of carbonyl (C=O) groups excluding carboxylic acids is 1. The minimum Gasteiger partial charge on any atom is -0.494 e. The Morgan fingerprint density at radius 3 is 2.59 bits per heavy atom. The van der Waals surface area contributed by atoms with Crippen LogP contribution < -0.4 is 4.74 Å². The van der Waals surface area contributed by atoms with E-state index in [1.807, 2.05) is 30.3 Å². The van der Waals surface area contributed by atoms with E-state index < -0.39 is 5.41 Å². The van der Waals surface area contributed by atoms with Gasteiger partial charge in [-0.25, -0.2) is 0 Å². The van der Waals surface area contributed by atoms with Crippen LogP contribution in [0, 0.1) is 16.7 Å². The predicted molar refractivity (Wildman–Crippen MR) is 65.6 cm³/mol. The van der Waals surface area contributed by atoms with Crippen molar-refractivity contribution in [3.8, 4) is 11.8 Å². The fourth-order valence-electron chi connectivity index (χ4n) is 1.44. The van der Waals surface area contributed by atoms with Crippen LogP contribution in [0.2, 0.25) is 0 Å². The van der Waals surface area contributed by atoms with Crippen LogP contribution in [0.1, 0.15) is 26.7 Å². The molecule has 1 atom stereocenters. The molecule has 1 aromatic carbocycles. The van der Waals surface area contributed by atoms with E-state index in [-0.39, 0.29) is 5.78 Å². The molecule has 3 heteroatoms. The number of hydrogen-bond donors (Lipinski definition) is 0. The normalized spacial score (nSPS) is 13.5. The molecule has 0 amide bonds. The highest BCUT2D eigenvalue weighted by Gasteiger charge is 2.28. The maximum Gasteiger partial charge on any atom is 0.149 e. The molecule has 0 aromatic heterocycles. The van der Waals surface area contributed by atoms with E-state index in [4.69, 9.17) is 10.00 Å². The molecule has 1 rings (SSSR count). The van der Waals surface area contributed by atoms with Gasteiger partial charge >= 0.3 is 0 Å². The van der Waals surface area contributed by atoms with Crippen LogP contribution in [-0.4, -0.2) is 12.4 Å². The van der Waals surface area contributed by atoms with Gasteiger partial charge in [-0.3, -0.25) is 4.79 Å². The summed E-state index contributed by atoms with van der Waals surface area (Å²) in [5.41, 5.74) is -0.875. The number of benzene rings is 1. The van der Waals surface area contributed by atoms with Crippen LogP contribution in [0.3, 0.4) is 0 Å². The Morgan fingerprint density at radius 1 is 1.41 bits per heavy atom. The van der Waals surface area contributed by atoms with Crippen molar-refractivity contribution in [3.63, 3.8) is 0 Å². The second-order valence-electron chi connectivity index (χ2n) is 4.27. The van der Waals surface area contributed by atoms with Crippen LogP contribution in [0.25, 0.3) is 0 Å². The summed E-state index contributed by atoms with van der Waals surface area (Å²) in [7, 11) is 0. The summed E-state index contributed by atoms with van der Waals surface area (Å²) < 4.78 is 5.50. The van der Waals surface area contributed by atoms with Crippen molar-refractivity contribution in [3.05, 3.63) is 30.3 Å². The van der Waals surface area contributed by atoms with Crippen molar-refractivity contribution in [2.45, 2.75) is 26.7 Å². The fraction of sp³-hybridized carbons (Fsp3) is 0.429. The van der Waals surface area contributed by atoms with E-state index in [0.717, 1.165) is 5.75 Å². The third-order valence-corrected chi connectivity index (χ3v) is 2.86. The standard InChI is InChI=1S/C14H17NO2/c1-12(16)14(2,11-15)9-6-10-17-13-7-4-3-5-8-13/h3-5,7-8H,6,9-10H2,1-2H3. The number of nitrogens with zero attached hydrogens (tertiary/aromatic N) is 1. The predicted octanol–water partition coefficient (Wildman–Crippen LogP) is 2.96. The maximum atomic E-state index is 11.3. The van der Waals surface area contributed by atoms with Crippen LogP contribution in [-0.2, 0) is 4.79 Å². The van der Waals surface area contributed by atoms with Crippen LogP contribution in [0.5, 0.6) is 5.75 Å². The molecular weight excluding hydrogens is 214 g/mol. The topological polar surface area (TPSA) is 50.1 Å². The average Bonchev–Trinajstić information content (AvgIpc) is 2.35. The summed E-state index contributed by atoms with van der Waals surface area (Å²) in [6, 6.07) is 11.6. The molecule has 0 aliphatic heterocycles. The zero-order valence-electron chi connectivity index (χ0n) is 10.3. The lowest BCUT2D eigenvalue weighted by Gasteiger charge is -2.17. The van der Waals surface area contributed by atoms with Crippen LogP contribution in [0.15, 0.2) is 30.3 Å². The number of hydrogen-bond acceptors (Lipinski definition) is 3. The lowest BCUT2D eigenvalue weighted by molar-refractivity contribution is -0.123. The minimum atomic E-state index is -0.875. The van der Waals surface area contributed by atoms with Gasteiger partial charge < -0.3 is 4.74 Å². The zero-order valence-corrected chi connectivity index (χ0v) is 10.3. The monoisotopic (exact) mass is 231 g/mol. The highest BCUT2D eigenvalue weighted by molar-refractivity contribution is 5.84. The van der Waals surface area contributed by atoms with Crippen molar-refractivity contribution < 1.29 is 9.53 Å². The Bertz CT molecular complexity index is 408. The zero-order chi connectivity index (χ0) is 12.7. The number of ether oxygens (including phenoxy) is 1. The highest BCUT2D eigenvalue weighted by Crippen LogP contribution is 2.23. The molecule has 90 valence electrons. The summed E-state index contributed by atoms with van der Waals surface area (Å²) in [6.45, 7) is 3.66. The van der Waals surface area contributed by atoms with Crippen molar-refractivity contribution in [2.24, 2.45) is 5.41 Å². The second kappa shape index (κ2) is 6.05. The van der Waals surface area contributed by atoms with E-state index in [1.54, 1.807) is 6.92 Å². The number of ketones is 1. The van der Waals surface area contributed by atoms with Gasteiger partial charge in [0.25, 0.3) is 0 Å². The molecule has 0 heterocycles. The molecule has 0 aliphatic rings. The summed E-state index contributed by atoms with van der Waals surface area (Å²) >= 11 is 0. The molecule has 0 spiro atoms. The van der Waals surface area contributed by atoms with Gasteiger partial charge in [0, 0.05) is 0 Å². The highest BCUT2D eigenvalue weighted by atomic mass is 16.5. The van der Waals surface area contributed by atoms with Crippen LogP contribution >= 0.6 is 0 Å². The maximum absolute atomic E-state index is 11.3. The summed E-state index contributed by atoms with van der Waals surface area (Å²) in [5, 5.41) is 8.96. The van der Waals surface area contributed by atoms with Gasteiger partial charge in [-0.05, 0) is 38.8 Å². The summed E-state index contributed by atoms with van der Waals surface area (Å²) in [6.07, 6.45) is 1.23. The van der Waals surface area contributed by atoms with Gasteiger partial charge in [0.2, 0.25) is 0 Å². The van der Waals surface area contributed by atoms with Gasteiger partial charge in [-0.1, -0.05) is 18.2 Å². The van der Waals surface area contributed by atoms with Gasteiger partial charge in [0.1, 0.15) is 16.9 Å². The Labute approximate surface area is 102 Å². The van der Waals surface area contributed by atoms with Gasteiger partial charge in [0.05, 0.1) is 12.7 Å². The van der Waals surface area contributed by atoms with E-state index in [0.29, 0.717) is 19.4 Å². The molecule has 17 heavy (non-hydrogen) atoms.